The molecule has 5 heteroatoms. The number of halogens is 1. The number of carbonyl (C=O) groups excluding carboxylic acids is 1. The van der Waals surface area contributed by atoms with Gasteiger partial charge in [0, 0.05) is 23.2 Å². The summed E-state index contributed by atoms with van der Waals surface area (Å²) in [6.45, 7) is 3.43. The minimum atomic E-state index is -0.0819. The van der Waals surface area contributed by atoms with Crippen LogP contribution in [-0.4, -0.2) is 37.4 Å². The second-order valence-electron chi connectivity index (χ2n) is 3.96. The van der Waals surface area contributed by atoms with Crippen molar-refractivity contribution in [3.8, 4) is 0 Å². The van der Waals surface area contributed by atoms with E-state index in [-0.39, 0.29) is 12.5 Å². The molecule has 0 aromatic heterocycles. The molecule has 1 aromatic carbocycles. The number of rotatable bonds is 7. The molecular formula is C13H18BrNO3. The maximum Gasteiger partial charge on any atom is 0.251 e. The minimum absolute atomic E-state index is 0.0314. The second kappa shape index (κ2) is 8.24. The topological polar surface area (TPSA) is 58.6 Å². The van der Waals surface area contributed by atoms with Crippen molar-refractivity contribution < 1.29 is 14.6 Å². The zero-order chi connectivity index (χ0) is 13.4. The number of aliphatic hydroxyl groups is 1. The largest absolute Gasteiger partial charge is 0.394 e. The summed E-state index contributed by atoms with van der Waals surface area (Å²) in [5.41, 5.74) is 1.69. The van der Waals surface area contributed by atoms with Gasteiger partial charge in [-0.2, -0.15) is 0 Å². The van der Waals surface area contributed by atoms with Crippen molar-refractivity contribution in [1.82, 2.24) is 5.32 Å². The summed E-state index contributed by atoms with van der Waals surface area (Å²) >= 11 is 3.37. The predicted octanol–water partition coefficient (Wildman–Crippen LogP) is 1.89. The molecule has 1 rings (SSSR count). The normalized spacial score (nSPS) is 10.4. The Labute approximate surface area is 115 Å². The number of hydrogen-bond donors (Lipinski definition) is 2. The van der Waals surface area contributed by atoms with E-state index in [1.165, 1.54) is 0 Å². The Morgan fingerprint density at radius 3 is 2.83 bits per heavy atom. The molecule has 0 heterocycles. The number of hydrogen-bond acceptors (Lipinski definition) is 3. The zero-order valence-electron chi connectivity index (χ0n) is 10.4. The first-order chi connectivity index (χ1) is 8.63. The maximum absolute atomic E-state index is 11.8. The second-order valence-corrected chi connectivity index (χ2v) is 4.88. The highest BCUT2D eigenvalue weighted by Gasteiger charge is 2.06. The van der Waals surface area contributed by atoms with E-state index < -0.39 is 0 Å². The monoisotopic (exact) mass is 315 g/mol. The molecule has 0 aliphatic carbocycles. The minimum Gasteiger partial charge on any atom is -0.394 e. The number of aryl methyl sites for hydroxylation is 1. The summed E-state index contributed by atoms with van der Waals surface area (Å²) in [5.74, 6) is -0.0819. The number of nitrogens with one attached hydrogen (secondary N) is 1. The van der Waals surface area contributed by atoms with Crippen LogP contribution < -0.4 is 5.32 Å². The van der Waals surface area contributed by atoms with Crippen LogP contribution in [0.25, 0.3) is 0 Å². The van der Waals surface area contributed by atoms with Gasteiger partial charge in [0.15, 0.2) is 0 Å². The van der Waals surface area contributed by atoms with E-state index in [1.54, 1.807) is 6.07 Å². The van der Waals surface area contributed by atoms with E-state index in [0.29, 0.717) is 25.3 Å². The van der Waals surface area contributed by atoms with E-state index in [2.05, 4.69) is 21.2 Å². The van der Waals surface area contributed by atoms with Crippen molar-refractivity contribution in [3.63, 3.8) is 0 Å². The van der Waals surface area contributed by atoms with Gasteiger partial charge in [-0.3, -0.25) is 4.79 Å². The third-order valence-electron chi connectivity index (χ3n) is 2.29. The van der Waals surface area contributed by atoms with Crippen molar-refractivity contribution >= 4 is 21.8 Å². The van der Waals surface area contributed by atoms with Crippen molar-refractivity contribution in [2.45, 2.75) is 13.3 Å². The zero-order valence-corrected chi connectivity index (χ0v) is 12.0. The van der Waals surface area contributed by atoms with E-state index >= 15 is 0 Å². The van der Waals surface area contributed by atoms with Crippen molar-refractivity contribution in [1.29, 1.82) is 0 Å². The lowest BCUT2D eigenvalue weighted by molar-refractivity contribution is 0.0867. The summed E-state index contributed by atoms with van der Waals surface area (Å²) in [4.78, 5) is 11.8. The van der Waals surface area contributed by atoms with Crippen LogP contribution in [0.3, 0.4) is 0 Å². The van der Waals surface area contributed by atoms with Gasteiger partial charge in [-0.1, -0.05) is 15.9 Å². The third kappa shape index (κ3) is 5.62. The molecule has 0 unspecified atom stereocenters. The van der Waals surface area contributed by atoms with Crippen molar-refractivity contribution in [2.24, 2.45) is 0 Å². The van der Waals surface area contributed by atoms with E-state index in [1.807, 2.05) is 19.1 Å². The van der Waals surface area contributed by atoms with Gasteiger partial charge in [-0.15, -0.1) is 0 Å². The van der Waals surface area contributed by atoms with Crippen molar-refractivity contribution in [3.05, 3.63) is 33.8 Å². The molecule has 0 spiro atoms. The van der Waals surface area contributed by atoms with Crippen LogP contribution in [0.2, 0.25) is 0 Å². The average Bonchev–Trinajstić information content (AvgIpc) is 2.32. The van der Waals surface area contributed by atoms with Gasteiger partial charge in [0.2, 0.25) is 0 Å². The SMILES string of the molecule is Cc1cc(Br)cc(C(=O)NCCCOCCO)c1. The van der Waals surface area contributed by atoms with Crippen molar-refractivity contribution in [2.75, 3.05) is 26.4 Å². The Kier molecular flexibility index (Phi) is 6.93. The van der Waals surface area contributed by atoms with Crippen LogP contribution in [0.5, 0.6) is 0 Å². The fourth-order valence-electron chi connectivity index (χ4n) is 1.51. The predicted molar refractivity (Wildman–Crippen MR) is 73.7 cm³/mol. The summed E-state index contributed by atoms with van der Waals surface area (Å²) in [5, 5.41) is 11.3. The van der Waals surface area contributed by atoms with Gasteiger partial charge in [0.1, 0.15) is 0 Å². The van der Waals surface area contributed by atoms with Crippen LogP contribution in [0.4, 0.5) is 0 Å². The molecule has 18 heavy (non-hydrogen) atoms. The highest BCUT2D eigenvalue weighted by molar-refractivity contribution is 9.10. The molecule has 100 valence electrons. The molecule has 0 saturated carbocycles. The van der Waals surface area contributed by atoms with Crippen LogP contribution in [0, 0.1) is 6.92 Å². The van der Waals surface area contributed by atoms with E-state index in [0.717, 1.165) is 16.5 Å². The fraction of sp³-hybridized carbons (Fsp3) is 0.462. The average molecular weight is 316 g/mol. The van der Waals surface area contributed by atoms with E-state index in [4.69, 9.17) is 9.84 Å². The maximum atomic E-state index is 11.8. The smallest absolute Gasteiger partial charge is 0.251 e. The summed E-state index contributed by atoms with van der Waals surface area (Å²) < 4.78 is 6.00. The Balaban J connectivity index is 2.32. The highest BCUT2D eigenvalue weighted by Crippen LogP contribution is 2.15. The van der Waals surface area contributed by atoms with Gasteiger partial charge in [0.25, 0.3) is 5.91 Å². The molecule has 0 atom stereocenters. The van der Waals surface area contributed by atoms with Crippen LogP contribution in [0.15, 0.2) is 22.7 Å². The standard InChI is InChI=1S/C13H18BrNO3/c1-10-7-11(9-12(14)8-10)13(17)15-3-2-5-18-6-4-16/h7-9,16H,2-6H2,1H3,(H,15,17). The number of carbonyl (C=O) groups is 1. The molecule has 2 N–H and O–H groups in total. The number of aliphatic hydroxyl groups excluding tert-OH is 1. The lowest BCUT2D eigenvalue weighted by atomic mass is 10.1. The first-order valence-electron chi connectivity index (χ1n) is 5.87. The van der Waals surface area contributed by atoms with Crippen LogP contribution in [0.1, 0.15) is 22.3 Å². The van der Waals surface area contributed by atoms with Crippen LogP contribution in [-0.2, 0) is 4.74 Å². The summed E-state index contributed by atoms with van der Waals surface area (Å²) in [7, 11) is 0. The molecule has 4 nitrogen and oxygen atoms in total. The van der Waals surface area contributed by atoms with E-state index in [9.17, 15) is 4.79 Å². The van der Waals surface area contributed by atoms with Gasteiger partial charge in [-0.25, -0.2) is 0 Å². The molecule has 1 aromatic rings. The quantitative estimate of drug-likeness (QED) is 0.755. The number of amides is 1. The lowest BCUT2D eigenvalue weighted by Crippen LogP contribution is -2.25. The molecule has 0 aliphatic rings. The van der Waals surface area contributed by atoms with Gasteiger partial charge >= 0.3 is 0 Å². The molecule has 1 amide bonds. The first-order valence-corrected chi connectivity index (χ1v) is 6.67. The molecule has 0 aliphatic heterocycles. The fourth-order valence-corrected chi connectivity index (χ4v) is 2.12. The molecule has 0 bridgehead atoms. The first kappa shape index (κ1) is 15.1. The Bertz CT molecular complexity index is 376. The Morgan fingerprint density at radius 2 is 2.17 bits per heavy atom. The molecule has 0 fully saturated rings. The molecule has 0 saturated heterocycles. The lowest BCUT2D eigenvalue weighted by Gasteiger charge is -2.07. The number of ether oxygens (including phenoxy) is 1. The Morgan fingerprint density at radius 1 is 1.39 bits per heavy atom. The van der Waals surface area contributed by atoms with Gasteiger partial charge in [0.05, 0.1) is 13.2 Å². The highest BCUT2D eigenvalue weighted by atomic mass is 79.9. The Hall–Kier alpha value is -0.910. The van der Waals surface area contributed by atoms with Gasteiger partial charge in [-0.05, 0) is 37.1 Å². The summed E-state index contributed by atoms with van der Waals surface area (Å²) in [6, 6.07) is 5.60. The molecule has 0 radical (unpaired) electrons. The third-order valence-corrected chi connectivity index (χ3v) is 2.75. The summed E-state index contributed by atoms with van der Waals surface area (Å²) in [6.07, 6.45) is 0.735. The number of benzene rings is 1. The van der Waals surface area contributed by atoms with Gasteiger partial charge < -0.3 is 15.2 Å². The molecular weight excluding hydrogens is 298 g/mol. The van der Waals surface area contributed by atoms with Crippen LogP contribution >= 0.6 is 15.9 Å².